The molecule has 0 atom stereocenters. The van der Waals surface area contributed by atoms with Crippen LogP contribution in [-0.4, -0.2) is 14.1 Å². The largest absolute Gasteiger partial charge is 0.458 e. The first-order valence-electron chi connectivity index (χ1n) is 27.4. The Hall–Kier alpha value is -7.24. The fourth-order valence-corrected chi connectivity index (χ4v) is 9.23. The summed E-state index contributed by atoms with van der Waals surface area (Å²) in [4.78, 5) is 4.89. The van der Waals surface area contributed by atoms with E-state index in [1.54, 1.807) is 0 Å². The first-order valence-corrected chi connectivity index (χ1v) is 23.9. The van der Waals surface area contributed by atoms with E-state index >= 15 is 0 Å². The second-order valence-corrected chi connectivity index (χ2v) is 21.6. The maximum atomic E-state index is 9.23. The van der Waals surface area contributed by atoms with Crippen LogP contribution in [-0.2, 0) is 22.6 Å². The molecule has 3 heterocycles. The van der Waals surface area contributed by atoms with Gasteiger partial charge in [0.1, 0.15) is 17.3 Å². The lowest BCUT2D eigenvalue weighted by Gasteiger charge is -2.27. The van der Waals surface area contributed by atoms with Gasteiger partial charge in [0, 0.05) is 25.8 Å². The third kappa shape index (κ3) is 8.87. The van der Waals surface area contributed by atoms with Crippen molar-refractivity contribution >= 4 is 32.8 Å². The highest BCUT2D eigenvalue weighted by Crippen LogP contribution is 2.40. The molecular weight excluding hydrogens is 841 g/mol. The number of aromatic nitrogens is 4. The third-order valence-corrected chi connectivity index (χ3v) is 12.9. The van der Waals surface area contributed by atoms with E-state index in [-0.39, 0.29) is 39.8 Å². The Morgan fingerprint density at radius 3 is 2.00 bits per heavy atom. The maximum Gasteiger partial charge on any atom is 0.269 e. The van der Waals surface area contributed by atoms with Gasteiger partial charge >= 0.3 is 0 Å². The number of ether oxygens (including phenoxy) is 1. The number of fused-ring (bicyclic) bond motifs is 4. The molecule has 5 nitrogen and oxygen atoms in total. The Morgan fingerprint density at radius 2 is 1.29 bits per heavy atom. The zero-order valence-corrected chi connectivity index (χ0v) is 41.6. The molecule has 5 heteroatoms. The van der Waals surface area contributed by atoms with Crippen LogP contribution < -0.4 is 9.30 Å². The van der Waals surface area contributed by atoms with Gasteiger partial charge in [-0.15, -0.1) is 0 Å². The SMILES string of the molecule is [2H]c1c([2H])c([2H])c(-c2cccc(-c3cc(C(C)(C)C)cc(C(C)(C)C)c3)c2-[n+]2[c-]n(-c3cccc(Oc4ccc5c6cc(C([2H])([2H])C(C)C)ccc6n(-c6cc(C(C)(C)C)ccn6)c5c4)c3)c3ccccc32)c([2H])c1[2H]. The minimum atomic E-state index is -1.53. The van der Waals surface area contributed by atoms with Crippen LogP contribution in [0.25, 0.3) is 72.3 Å². The molecule has 0 spiro atoms. The topological polar surface area (TPSA) is 35.9 Å². The van der Waals surface area contributed by atoms with E-state index in [1.165, 1.54) is 0 Å². The summed E-state index contributed by atoms with van der Waals surface area (Å²) in [5.41, 5.74) is 10.6. The van der Waals surface area contributed by atoms with Gasteiger partial charge in [-0.3, -0.25) is 13.7 Å². The van der Waals surface area contributed by atoms with Gasteiger partial charge in [-0.25, -0.2) is 4.98 Å². The quantitative estimate of drug-likeness (QED) is 0.107. The van der Waals surface area contributed by atoms with Crippen molar-refractivity contribution in [3.8, 4) is 50.9 Å². The average Bonchev–Trinajstić information content (AvgIpc) is 3.96. The standard InChI is InChI=1S/C64H64N4O/c1-42(2)33-43-27-30-56-55(34-43)54-29-28-51(40-59(54)68(56)60-38-46(31-32-65-60)62(3,4)5)69-50-22-17-21-49(39-50)66-41-67(58-26-16-15-25-57(58)66)61-52(44-19-13-12-14-20-44)23-18-24-53(61)45-35-47(63(6,7)8)37-48(36-45)64(9,10)11/h12-32,34-40,42H,33H2,1-11H3/i12D,13D,14D,19D,20D,33D2. The molecular formula is C64H64N4O. The Bertz CT molecular complexity index is 3880. The predicted molar refractivity (Wildman–Crippen MR) is 288 cm³/mol. The van der Waals surface area contributed by atoms with E-state index in [0.29, 0.717) is 28.3 Å². The van der Waals surface area contributed by atoms with Gasteiger partial charge in [0.05, 0.1) is 40.3 Å². The molecule has 69 heavy (non-hydrogen) atoms. The van der Waals surface area contributed by atoms with Crippen molar-refractivity contribution in [1.82, 2.24) is 14.1 Å². The van der Waals surface area contributed by atoms with Crippen molar-refractivity contribution < 1.29 is 18.9 Å². The number of pyridine rings is 1. The smallest absolute Gasteiger partial charge is 0.269 e. The monoisotopic (exact) mass is 912 g/mol. The van der Waals surface area contributed by atoms with E-state index in [1.807, 2.05) is 138 Å². The van der Waals surface area contributed by atoms with Gasteiger partial charge < -0.3 is 4.74 Å². The highest BCUT2D eigenvalue weighted by atomic mass is 16.5. The van der Waals surface area contributed by atoms with Crippen LogP contribution >= 0.6 is 0 Å². The lowest BCUT2D eigenvalue weighted by atomic mass is 9.78. The molecule has 0 amide bonds. The van der Waals surface area contributed by atoms with Crippen LogP contribution in [0.4, 0.5) is 0 Å². The van der Waals surface area contributed by atoms with E-state index < -0.39 is 24.5 Å². The molecule has 10 aromatic rings. The zero-order chi connectivity index (χ0) is 54.6. The molecule has 0 saturated heterocycles. The summed E-state index contributed by atoms with van der Waals surface area (Å²) < 4.78 is 75.2. The number of para-hydroxylation sites is 3. The summed E-state index contributed by atoms with van der Waals surface area (Å²) in [7, 11) is 0. The van der Waals surface area contributed by atoms with E-state index in [4.69, 9.17) is 16.6 Å². The lowest BCUT2D eigenvalue weighted by molar-refractivity contribution is -0.571. The maximum absolute atomic E-state index is 9.23. The molecule has 0 aliphatic carbocycles. The van der Waals surface area contributed by atoms with Crippen LogP contribution in [0.3, 0.4) is 0 Å². The van der Waals surface area contributed by atoms with Gasteiger partial charge in [0.2, 0.25) is 0 Å². The Balaban J connectivity index is 1.15. The van der Waals surface area contributed by atoms with Gasteiger partial charge in [-0.2, -0.15) is 0 Å². The van der Waals surface area contributed by atoms with Gasteiger partial charge in [-0.05, 0) is 128 Å². The molecule has 0 bridgehead atoms. The molecule has 0 radical (unpaired) electrons. The second-order valence-electron chi connectivity index (χ2n) is 21.6. The summed E-state index contributed by atoms with van der Waals surface area (Å²) in [6.45, 7) is 23.6. The summed E-state index contributed by atoms with van der Waals surface area (Å²) in [5.74, 6) is 1.70. The third-order valence-electron chi connectivity index (χ3n) is 12.9. The summed E-state index contributed by atoms with van der Waals surface area (Å²) >= 11 is 0. The molecule has 0 saturated carbocycles. The number of nitrogens with zero attached hydrogens (tertiary/aromatic N) is 4. The van der Waals surface area contributed by atoms with Crippen LogP contribution in [0.2, 0.25) is 0 Å². The zero-order valence-electron chi connectivity index (χ0n) is 48.6. The van der Waals surface area contributed by atoms with Crippen LogP contribution in [0.5, 0.6) is 11.5 Å². The van der Waals surface area contributed by atoms with Crippen molar-refractivity contribution in [1.29, 1.82) is 0 Å². The first-order chi connectivity index (χ1) is 35.7. The van der Waals surface area contributed by atoms with Crippen molar-refractivity contribution in [2.45, 2.75) is 98.8 Å². The summed E-state index contributed by atoms with van der Waals surface area (Å²) in [6.07, 6.45) is 4.00. The summed E-state index contributed by atoms with van der Waals surface area (Å²) in [5, 5.41) is 1.87. The molecule has 7 aromatic carbocycles. The fourth-order valence-electron chi connectivity index (χ4n) is 9.23. The summed E-state index contributed by atoms with van der Waals surface area (Å²) in [6, 6.07) is 42.5. The van der Waals surface area contributed by atoms with Crippen molar-refractivity contribution in [3.63, 3.8) is 0 Å². The molecule has 10 rings (SSSR count). The highest BCUT2D eigenvalue weighted by molar-refractivity contribution is 6.09. The first kappa shape index (κ1) is 37.7. The molecule has 0 aliphatic heterocycles. The Kier molecular flexibility index (Phi) is 9.49. The number of rotatable bonds is 9. The van der Waals surface area contributed by atoms with Gasteiger partial charge in [0.25, 0.3) is 6.33 Å². The fraction of sp³-hybridized carbons (Fsp3) is 0.250. The van der Waals surface area contributed by atoms with Crippen molar-refractivity contribution in [2.75, 3.05) is 0 Å². The normalized spacial score (nSPS) is 14.1. The predicted octanol–water partition coefficient (Wildman–Crippen LogP) is 16.4. The number of imidazole rings is 1. The molecule has 346 valence electrons. The Labute approximate surface area is 418 Å². The van der Waals surface area contributed by atoms with Crippen LogP contribution in [0.1, 0.15) is 108 Å². The van der Waals surface area contributed by atoms with Crippen LogP contribution in [0.15, 0.2) is 170 Å². The van der Waals surface area contributed by atoms with Crippen LogP contribution in [0, 0.1) is 12.2 Å². The van der Waals surface area contributed by atoms with Gasteiger partial charge in [-0.1, -0.05) is 179 Å². The minimum absolute atomic E-state index is 0.101. The molecule has 0 unspecified atom stereocenters. The molecule has 0 fully saturated rings. The van der Waals surface area contributed by atoms with E-state index in [9.17, 15) is 2.74 Å². The van der Waals surface area contributed by atoms with Crippen molar-refractivity contribution in [2.24, 2.45) is 5.92 Å². The Morgan fingerprint density at radius 1 is 0.609 bits per heavy atom. The lowest BCUT2D eigenvalue weighted by Crippen LogP contribution is -2.31. The number of hydrogen-bond acceptors (Lipinski definition) is 2. The molecule has 0 aliphatic rings. The molecule has 0 N–H and O–H groups in total. The van der Waals surface area contributed by atoms with Gasteiger partial charge in [0.15, 0.2) is 0 Å². The second kappa shape index (κ2) is 17.4. The minimum Gasteiger partial charge on any atom is -0.458 e. The number of benzene rings is 7. The highest BCUT2D eigenvalue weighted by Gasteiger charge is 2.25. The van der Waals surface area contributed by atoms with E-state index in [0.717, 1.165) is 72.2 Å². The molecule has 3 aromatic heterocycles. The van der Waals surface area contributed by atoms with Crippen molar-refractivity contribution in [3.05, 3.63) is 198 Å². The van der Waals surface area contributed by atoms with E-state index in [2.05, 4.69) is 97.5 Å². The average molecular weight is 912 g/mol. The number of hydrogen-bond donors (Lipinski definition) is 0.